The molecule has 0 unspecified atom stereocenters. The van der Waals surface area contributed by atoms with E-state index in [0.29, 0.717) is 46.4 Å². The maximum Gasteiger partial charge on any atom is 0.337 e. The van der Waals surface area contributed by atoms with Crippen molar-refractivity contribution in [2.75, 3.05) is 34.5 Å². The van der Waals surface area contributed by atoms with E-state index in [9.17, 15) is 14.7 Å². The predicted octanol–water partition coefficient (Wildman–Crippen LogP) is 2.99. The number of aliphatic hydroxyl groups excluding tert-OH is 1. The van der Waals surface area contributed by atoms with Crippen LogP contribution in [0.3, 0.4) is 0 Å². The van der Waals surface area contributed by atoms with Gasteiger partial charge < -0.3 is 39.4 Å². The molecular weight excluding hydrogens is 576 g/mol. The molecule has 2 atom stereocenters. The van der Waals surface area contributed by atoms with Gasteiger partial charge in [0.1, 0.15) is 18.1 Å². The van der Waals surface area contributed by atoms with Crippen molar-refractivity contribution in [2.24, 2.45) is 5.10 Å². The second-order valence-corrected chi connectivity index (χ2v) is 9.00. The smallest absolute Gasteiger partial charge is 0.337 e. The van der Waals surface area contributed by atoms with Crippen molar-refractivity contribution in [3.63, 3.8) is 0 Å². The highest BCUT2D eigenvalue weighted by Gasteiger charge is 2.32. The molecule has 39 heavy (non-hydrogen) atoms. The molecule has 12 nitrogen and oxygen atoms in total. The first-order valence-electron chi connectivity index (χ1n) is 11.9. The maximum atomic E-state index is 12.4. The van der Waals surface area contributed by atoms with Crippen molar-refractivity contribution in [3.05, 3.63) is 57.2 Å². The van der Waals surface area contributed by atoms with E-state index in [0.717, 1.165) is 4.47 Å². The number of hydrogen-bond acceptors (Lipinski definition) is 10. The standard InChI is InChI=1S/C26H31BrN4O8/c1-6-38-21-10-15(24-23(25(33)37-5)14(2)29-26(34)30-24)7-8-18(21)39-13-22(32)31-28-12-16-9-17(27)20(36-4)11-19(16)35-3/h7-12,22,24,31-32H,6,13H2,1-5H3,(H2,29,30,34)/b28-12-/t22-,24-/m1/s1. The molecule has 2 aromatic carbocycles. The van der Waals surface area contributed by atoms with Gasteiger partial charge in [0, 0.05) is 17.3 Å². The molecule has 1 aliphatic heterocycles. The summed E-state index contributed by atoms with van der Waals surface area (Å²) >= 11 is 3.42. The number of allylic oxidation sites excluding steroid dienone is 1. The fraction of sp³-hybridized carbons (Fsp3) is 0.346. The van der Waals surface area contributed by atoms with E-state index >= 15 is 0 Å². The lowest BCUT2D eigenvalue weighted by Crippen LogP contribution is -2.45. The molecule has 0 saturated heterocycles. The molecule has 1 heterocycles. The van der Waals surface area contributed by atoms with E-state index in [1.54, 1.807) is 44.4 Å². The molecule has 0 fully saturated rings. The van der Waals surface area contributed by atoms with Gasteiger partial charge in [0.2, 0.25) is 0 Å². The molecule has 0 saturated carbocycles. The highest BCUT2D eigenvalue weighted by Crippen LogP contribution is 2.35. The van der Waals surface area contributed by atoms with Gasteiger partial charge in [-0.15, -0.1) is 0 Å². The number of benzene rings is 2. The van der Waals surface area contributed by atoms with E-state index < -0.39 is 24.3 Å². The largest absolute Gasteiger partial charge is 0.496 e. The molecule has 1 aliphatic rings. The predicted molar refractivity (Wildman–Crippen MR) is 146 cm³/mol. The Hall–Kier alpha value is -3.97. The summed E-state index contributed by atoms with van der Waals surface area (Å²) in [5.41, 5.74) is 4.50. The quantitative estimate of drug-likeness (QED) is 0.124. The first-order valence-corrected chi connectivity index (χ1v) is 12.7. The summed E-state index contributed by atoms with van der Waals surface area (Å²) in [4.78, 5) is 24.5. The topological polar surface area (TPSA) is 149 Å². The van der Waals surface area contributed by atoms with Crippen molar-refractivity contribution in [3.8, 4) is 23.0 Å². The molecule has 2 amide bonds. The number of aliphatic hydroxyl groups is 1. The summed E-state index contributed by atoms with van der Waals surface area (Å²) < 4.78 is 27.7. The molecular formula is C26H31BrN4O8. The molecule has 13 heteroatoms. The van der Waals surface area contributed by atoms with E-state index in [-0.39, 0.29) is 12.2 Å². The zero-order valence-electron chi connectivity index (χ0n) is 22.2. The van der Waals surface area contributed by atoms with Gasteiger partial charge in [0.15, 0.2) is 17.7 Å². The third-order valence-electron chi connectivity index (χ3n) is 5.60. The van der Waals surface area contributed by atoms with Gasteiger partial charge >= 0.3 is 12.0 Å². The molecule has 0 aliphatic carbocycles. The van der Waals surface area contributed by atoms with Crippen molar-refractivity contribution in [1.82, 2.24) is 16.1 Å². The van der Waals surface area contributed by atoms with Gasteiger partial charge in [-0.2, -0.15) is 5.10 Å². The van der Waals surface area contributed by atoms with Crippen LogP contribution in [0.5, 0.6) is 23.0 Å². The third kappa shape index (κ3) is 7.33. The summed E-state index contributed by atoms with van der Waals surface area (Å²) in [6.07, 6.45) is 0.345. The Kier molecular flexibility index (Phi) is 10.4. The summed E-state index contributed by atoms with van der Waals surface area (Å²) in [7, 11) is 4.36. The van der Waals surface area contributed by atoms with Gasteiger partial charge in [-0.3, -0.25) is 5.43 Å². The lowest BCUT2D eigenvalue weighted by molar-refractivity contribution is -0.136. The monoisotopic (exact) mass is 606 g/mol. The van der Waals surface area contributed by atoms with Crippen LogP contribution in [-0.2, 0) is 9.53 Å². The number of rotatable bonds is 12. The molecule has 2 aromatic rings. The van der Waals surface area contributed by atoms with Crippen LogP contribution in [0.1, 0.15) is 31.0 Å². The molecule has 0 spiro atoms. The normalized spacial score (nSPS) is 15.8. The number of amides is 2. The Balaban J connectivity index is 1.71. The van der Waals surface area contributed by atoms with Crippen molar-refractivity contribution in [1.29, 1.82) is 0 Å². The Bertz CT molecular complexity index is 1270. The maximum absolute atomic E-state index is 12.4. The first-order chi connectivity index (χ1) is 18.7. The number of hydrogen-bond donors (Lipinski definition) is 4. The van der Waals surface area contributed by atoms with Gasteiger partial charge in [-0.05, 0) is 53.5 Å². The van der Waals surface area contributed by atoms with Crippen LogP contribution in [0, 0.1) is 0 Å². The molecule has 0 aromatic heterocycles. The zero-order chi connectivity index (χ0) is 28.5. The van der Waals surface area contributed by atoms with E-state index in [1.165, 1.54) is 20.4 Å². The average Bonchev–Trinajstić information content (AvgIpc) is 2.91. The van der Waals surface area contributed by atoms with Gasteiger partial charge in [0.05, 0.1) is 50.2 Å². The van der Waals surface area contributed by atoms with E-state index in [2.05, 4.69) is 37.1 Å². The highest BCUT2D eigenvalue weighted by atomic mass is 79.9. The Morgan fingerprint density at radius 2 is 1.87 bits per heavy atom. The second kappa shape index (κ2) is 13.7. The lowest BCUT2D eigenvalue weighted by atomic mass is 9.95. The van der Waals surface area contributed by atoms with Crippen molar-refractivity contribution in [2.45, 2.75) is 26.1 Å². The van der Waals surface area contributed by atoms with E-state index in [4.69, 9.17) is 23.7 Å². The first kappa shape index (κ1) is 29.6. The Labute approximate surface area is 234 Å². The fourth-order valence-electron chi connectivity index (χ4n) is 3.80. The minimum absolute atomic E-state index is 0.156. The number of halogens is 1. The lowest BCUT2D eigenvalue weighted by Gasteiger charge is -2.28. The number of nitrogens with one attached hydrogen (secondary N) is 3. The Morgan fingerprint density at radius 1 is 1.13 bits per heavy atom. The molecule has 3 rings (SSSR count). The summed E-state index contributed by atoms with van der Waals surface area (Å²) in [5.74, 6) is 1.30. The van der Waals surface area contributed by atoms with Gasteiger partial charge in [-0.1, -0.05) is 6.07 Å². The molecule has 4 N–H and O–H groups in total. The van der Waals surface area contributed by atoms with Crippen LogP contribution in [0.4, 0.5) is 4.79 Å². The average molecular weight is 607 g/mol. The zero-order valence-corrected chi connectivity index (χ0v) is 23.7. The Morgan fingerprint density at radius 3 is 2.54 bits per heavy atom. The minimum atomic E-state index is -1.15. The molecule has 210 valence electrons. The van der Waals surface area contributed by atoms with Crippen molar-refractivity contribution < 1.29 is 38.4 Å². The summed E-state index contributed by atoms with van der Waals surface area (Å²) in [6.45, 7) is 3.61. The third-order valence-corrected chi connectivity index (χ3v) is 6.22. The fourth-order valence-corrected chi connectivity index (χ4v) is 4.32. The van der Waals surface area contributed by atoms with Crippen LogP contribution < -0.4 is 35.0 Å². The van der Waals surface area contributed by atoms with Crippen LogP contribution in [0.2, 0.25) is 0 Å². The van der Waals surface area contributed by atoms with Crippen LogP contribution in [0.25, 0.3) is 0 Å². The number of methoxy groups -OCH3 is 3. The van der Waals surface area contributed by atoms with Crippen LogP contribution in [0.15, 0.2) is 51.2 Å². The highest BCUT2D eigenvalue weighted by molar-refractivity contribution is 9.10. The summed E-state index contributed by atoms with van der Waals surface area (Å²) in [6, 6.07) is 7.27. The number of nitrogens with zero attached hydrogens (tertiary/aromatic N) is 1. The van der Waals surface area contributed by atoms with Gasteiger partial charge in [0.25, 0.3) is 0 Å². The second-order valence-electron chi connectivity index (χ2n) is 8.14. The number of hydrazone groups is 1. The number of urea groups is 1. The number of carbonyl (C=O) groups is 2. The minimum Gasteiger partial charge on any atom is -0.496 e. The number of ether oxygens (including phenoxy) is 5. The number of esters is 1. The number of carbonyl (C=O) groups excluding carboxylic acids is 2. The van der Waals surface area contributed by atoms with Crippen molar-refractivity contribution >= 4 is 34.1 Å². The van der Waals surface area contributed by atoms with Crippen LogP contribution >= 0.6 is 15.9 Å². The van der Waals surface area contributed by atoms with Crippen LogP contribution in [-0.4, -0.2) is 64.1 Å². The van der Waals surface area contributed by atoms with E-state index in [1.807, 2.05) is 6.92 Å². The summed E-state index contributed by atoms with van der Waals surface area (Å²) in [5, 5.41) is 19.7. The molecule has 0 bridgehead atoms. The molecule has 0 radical (unpaired) electrons. The van der Waals surface area contributed by atoms with Gasteiger partial charge in [-0.25, -0.2) is 9.59 Å². The SMILES string of the molecule is CCOc1cc([C@H]2NC(=O)NC(C)=C2C(=O)OC)ccc1OC[C@@H](O)N/N=C\c1cc(Br)c(OC)cc1OC.